The van der Waals surface area contributed by atoms with Crippen molar-refractivity contribution in [3.63, 3.8) is 0 Å². The maximum absolute atomic E-state index is 13.7. The van der Waals surface area contributed by atoms with Crippen molar-refractivity contribution in [2.24, 2.45) is 0 Å². The number of benzene rings is 2. The van der Waals surface area contributed by atoms with E-state index in [2.05, 4.69) is 0 Å². The van der Waals surface area contributed by atoms with Crippen molar-refractivity contribution in [3.8, 4) is 11.1 Å². The van der Waals surface area contributed by atoms with Gasteiger partial charge in [-0.1, -0.05) is 24.3 Å². The number of carbonyl (C=O) groups is 1. The molecule has 4 heteroatoms. The highest BCUT2D eigenvalue weighted by atomic mass is 19.1. The van der Waals surface area contributed by atoms with Gasteiger partial charge in [-0.05, 0) is 30.2 Å². The molecule has 0 heterocycles. The Balaban J connectivity index is 2.65. The van der Waals surface area contributed by atoms with Gasteiger partial charge in [0.05, 0.1) is 5.56 Å². The van der Waals surface area contributed by atoms with Crippen molar-refractivity contribution >= 4 is 11.7 Å². The number of rotatable bonds is 2. The highest BCUT2D eigenvalue weighted by Crippen LogP contribution is 2.31. The Labute approximate surface area is 104 Å². The van der Waals surface area contributed by atoms with Crippen molar-refractivity contribution in [3.05, 3.63) is 53.3 Å². The van der Waals surface area contributed by atoms with E-state index in [1.54, 1.807) is 31.2 Å². The van der Waals surface area contributed by atoms with Crippen LogP contribution in [-0.4, -0.2) is 11.1 Å². The molecule has 0 atom stereocenters. The third-order valence-corrected chi connectivity index (χ3v) is 2.91. The highest BCUT2D eigenvalue weighted by molar-refractivity contribution is 5.96. The highest BCUT2D eigenvalue weighted by Gasteiger charge is 2.14. The molecular formula is C14H12FNO2. The number of hydrogen-bond donors (Lipinski definition) is 2. The third kappa shape index (κ3) is 1.93. The molecular weight excluding hydrogens is 233 g/mol. The first kappa shape index (κ1) is 12.1. The van der Waals surface area contributed by atoms with E-state index in [4.69, 9.17) is 10.8 Å². The summed E-state index contributed by atoms with van der Waals surface area (Å²) in [6.45, 7) is 1.68. The van der Waals surface area contributed by atoms with E-state index in [9.17, 15) is 9.18 Å². The normalized spacial score (nSPS) is 10.3. The van der Waals surface area contributed by atoms with Gasteiger partial charge in [-0.25, -0.2) is 9.18 Å². The van der Waals surface area contributed by atoms with Crippen molar-refractivity contribution in [1.82, 2.24) is 0 Å². The first-order valence-electron chi connectivity index (χ1n) is 5.39. The number of carboxylic acid groups (broad SMARTS) is 1. The Bertz CT molecular complexity index is 623. The summed E-state index contributed by atoms with van der Waals surface area (Å²) in [4.78, 5) is 10.9. The molecule has 2 aromatic carbocycles. The second kappa shape index (κ2) is 4.49. The summed E-state index contributed by atoms with van der Waals surface area (Å²) in [6, 6.07) is 9.29. The minimum absolute atomic E-state index is 0.0348. The standard InChI is InChI=1S/C14H12FNO2/c1-8-9(10-4-2-3-5-12(10)15)6-7-11(13(8)16)14(17)18/h2-7H,16H2,1H3,(H,17,18). The van der Waals surface area contributed by atoms with Gasteiger partial charge in [0.1, 0.15) is 5.82 Å². The summed E-state index contributed by atoms with van der Waals surface area (Å²) < 4.78 is 13.7. The predicted molar refractivity (Wildman–Crippen MR) is 67.9 cm³/mol. The SMILES string of the molecule is Cc1c(-c2ccccc2F)ccc(C(=O)O)c1N. The monoisotopic (exact) mass is 245 g/mol. The molecule has 3 N–H and O–H groups in total. The van der Waals surface area contributed by atoms with Gasteiger partial charge >= 0.3 is 5.97 Å². The van der Waals surface area contributed by atoms with Gasteiger partial charge in [-0.3, -0.25) is 0 Å². The van der Waals surface area contributed by atoms with Gasteiger partial charge in [0.15, 0.2) is 0 Å². The van der Waals surface area contributed by atoms with Crippen LogP contribution in [0.3, 0.4) is 0 Å². The summed E-state index contributed by atoms with van der Waals surface area (Å²) in [5.74, 6) is -1.45. The Morgan fingerprint density at radius 2 is 1.83 bits per heavy atom. The molecule has 0 saturated carbocycles. The number of aromatic carboxylic acids is 1. The molecule has 3 nitrogen and oxygen atoms in total. The molecule has 0 fully saturated rings. The molecule has 0 aliphatic heterocycles. The Morgan fingerprint density at radius 3 is 2.44 bits per heavy atom. The predicted octanol–water partition coefficient (Wildman–Crippen LogP) is 3.08. The van der Waals surface area contributed by atoms with Crippen LogP contribution in [0.4, 0.5) is 10.1 Å². The zero-order chi connectivity index (χ0) is 13.3. The van der Waals surface area contributed by atoms with Crippen molar-refractivity contribution in [2.75, 3.05) is 5.73 Å². The molecule has 0 amide bonds. The van der Waals surface area contributed by atoms with E-state index >= 15 is 0 Å². The summed E-state index contributed by atoms with van der Waals surface area (Å²) in [5, 5.41) is 8.95. The number of halogens is 1. The smallest absolute Gasteiger partial charge is 0.337 e. The summed E-state index contributed by atoms with van der Waals surface area (Å²) >= 11 is 0. The van der Waals surface area contributed by atoms with E-state index in [-0.39, 0.29) is 17.1 Å². The fourth-order valence-corrected chi connectivity index (χ4v) is 1.89. The third-order valence-electron chi connectivity index (χ3n) is 2.91. The molecule has 0 radical (unpaired) electrons. The zero-order valence-corrected chi connectivity index (χ0v) is 9.77. The van der Waals surface area contributed by atoms with Crippen LogP contribution < -0.4 is 5.73 Å². The molecule has 0 spiro atoms. The van der Waals surface area contributed by atoms with E-state index in [1.165, 1.54) is 12.1 Å². The van der Waals surface area contributed by atoms with Crippen molar-refractivity contribution < 1.29 is 14.3 Å². The van der Waals surface area contributed by atoms with E-state index < -0.39 is 5.97 Å². The number of nitrogen functional groups attached to an aromatic ring is 1. The number of carboxylic acids is 1. The lowest BCUT2D eigenvalue weighted by atomic mass is 9.96. The second-order valence-electron chi connectivity index (χ2n) is 3.98. The summed E-state index contributed by atoms with van der Waals surface area (Å²) in [6.07, 6.45) is 0. The molecule has 2 rings (SSSR count). The van der Waals surface area contributed by atoms with Crippen molar-refractivity contribution in [2.45, 2.75) is 6.92 Å². The minimum atomic E-state index is -1.09. The molecule has 0 aliphatic rings. The maximum Gasteiger partial charge on any atom is 0.337 e. The lowest BCUT2D eigenvalue weighted by Gasteiger charge is -2.11. The number of nitrogens with two attached hydrogens (primary N) is 1. The van der Waals surface area contributed by atoms with Crippen LogP contribution in [-0.2, 0) is 0 Å². The summed E-state index contributed by atoms with van der Waals surface area (Å²) in [7, 11) is 0. The van der Waals surface area contributed by atoms with Crippen LogP contribution >= 0.6 is 0 Å². The Kier molecular flexibility index (Phi) is 3.02. The Hall–Kier alpha value is -2.36. The van der Waals surface area contributed by atoms with E-state index in [0.29, 0.717) is 16.7 Å². The maximum atomic E-state index is 13.7. The molecule has 0 aromatic heterocycles. The van der Waals surface area contributed by atoms with Gasteiger partial charge in [-0.15, -0.1) is 0 Å². The van der Waals surface area contributed by atoms with Crippen LogP contribution in [0.5, 0.6) is 0 Å². The molecule has 0 bridgehead atoms. The molecule has 18 heavy (non-hydrogen) atoms. The molecule has 2 aromatic rings. The quantitative estimate of drug-likeness (QED) is 0.799. The lowest BCUT2D eigenvalue weighted by Crippen LogP contribution is -2.05. The van der Waals surface area contributed by atoms with Gasteiger partial charge in [0.25, 0.3) is 0 Å². The van der Waals surface area contributed by atoms with Gasteiger partial charge in [0, 0.05) is 11.3 Å². The fourth-order valence-electron chi connectivity index (χ4n) is 1.89. The molecule has 0 aliphatic carbocycles. The van der Waals surface area contributed by atoms with Gasteiger partial charge in [0.2, 0.25) is 0 Å². The van der Waals surface area contributed by atoms with Crippen LogP contribution in [0.1, 0.15) is 15.9 Å². The minimum Gasteiger partial charge on any atom is -0.478 e. The van der Waals surface area contributed by atoms with Crippen molar-refractivity contribution in [1.29, 1.82) is 0 Å². The lowest BCUT2D eigenvalue weighted by molar-refractivity contribution is 0.0698. The molecule has 0 saturated heterocycles. The molecule has 0 unspecified atom stereocenters. The van der Waals surface area contributed by atoms with Gasteiger partial charge < -0.3 is 10.8 Å². The van der Waals surface area contributed by atoms with Gasteiger partial charge in [-0.2, -0.15) is 0 Å². The first-order chi connectivity index (χ1) is 8.52. The number of hydrogen-bond acceptors (Lipinski definition) is 2. The van der Waals surface area contributed by atoms with Crippen LogP contribution in [0.25, 0.3) is 11.1 Å². The van der Waals surface area contributed by atoms with Crippen LogP contribution in [0, 0.1) is 12.7 Å². The van der Waals surface area contributed by atoms with Crippen LogP contribution in [0.15, 0.2) is 36.4 Å². The van der Waals surface area contributed by atoms with E-state index in [1.807, 2.05) is 0 Å². The Morgan fingerprint density at radius 1 is 1.17 bits per heavy atom. The fraction of sp³-hybridized carbons (Fsp3) is 0.0714. The number of anilines is 1. The average molecular weight is 245 g/mol. The largest absolute Gasteiger partial charge is 0.478 e. The topological polar surface area (TPSA) is 63.3 Å². The zero-order valence-electron chi connectivity index (χ0n) is 9.77. The molecule has 92 valence electrons. The first-order valence-corrected chi connectivity index (χ1v) is 5.39. The van der Waals surface area contributed by atoms with Crippen LogP contribution in [0.2, 0.25) is 0 Å². The summed E-state index contributed by atoms with van der Waals surface area (Å²) in [5.41, 5.74) is 7.56. The average Bonchev–Trinajstić information content (AvgIpc) is 2.33. The second-order valence-corrected chi connectivity index (χ2v) is 3.98. The van der Waals surface area contributed by atoms with E-state index in [0.717, 1.165) is 0 Å².